The van der Waals surface area contributed by atoms with E-state index in [1.165, 1.54) is 0 Å². The molecule has 0 bridgehead atoms. The SMILES string of the molecule is CCN(CC(=O)N(C)Cc1ccc(N(C)C)cc1)Cc1nc2ccccc2c(=O)[nH]1. The van der Waals surface area contributed by atoms with E-state index in [0.29, 0.717) is 36.4 Å². The number of nitrogens with one attached hydrogen (secondary N) is 1. The molecule has 0 saturated carbocycles. The molecule has 0 atom stereocenters. The molecule has 0 fully saturated rings. The van der Waals surface area contributed by atoms with Crippen molar-refractivity contribution in [2.45, 2.75) is 20.0 Å². The van der Waals surface area contributed by atoms with E-state index in [1.807, 2.05) is 80.3 Å². The standard InChI is InChI=1S/C23H29N5O2/c1-5-28(15-21-24-20-9-7-6-8-19(20)23(30)25-21)16-22(29)27(4)14-17-10-12-18(13-11-17)26(2)3/h6-13H,5,14-16H2,1-4H3,(H,24,25,30). The molecular weight excluding hydrogens is 378 g/mol. The van der Waals surface area contributed by atoms with E-state index < -0.39 is 0 Å². The van der Waals surface area contributed by atoms with Crippen LogP contribution in [0.2, 0.25) is 0 Å². The van der Waals surface area contributed by atoms with Crippen LogP contribution in [-0.2, 0) is 17.9 Å². The number of hydrogen-bond donors (Lipinski definition) is 1. The summed E-state index contributed by atoms with van der Waals surface area (Å²) < 4.78 is 0. The minimum atomic E-state index is -0.156. The van der Waals surface area contributed by atoms with Crippen molar-refractivity contribution in [1.82, 2.24) is 19.8 Å². The van der Waals surface area contributed by atoms with Crippen LogP contribution >= 0.6 is 0 Å². The van der Waals surface area contributed by atoms with Crippen LogP contribution in [0.3, 0.4) is 0 Å². The van der Waals surface area contributed by atoms with Gasteiger partial charge in [-0.25, -0.2) is 4.98 Å². The summed E-state index contributed by atoms with van der Waals surface area (Å²) in [5, 5.41) is 0.570. The summed E-state index contributed by atoms with van der Waals surface area (Å²) in [5.74, 6) is 0.590. The van der Waals surface area contributed by atoms with Crippen molar-refractivity contribution in [3.8, 4) is 0 Å². The highest BCUT2D eigenvalue weighted by atomic mass is 16.2. The number of benzene rings is 2. The maximum absolute atomic E-state index is 12.7. The highest BCUT2D eigenvalue weighted by molar-refractivity contribution is 5.78. The van der Waals surface area contributed by atoms with E-state index in [2.05, 4.69) is 9.97 Å². The van der Waals surface area contributed by atoms with Crippen LogP contribution in [0.25, 0.3) is 10.9 Å². The lowest BCUT2D eigenvalue weighted by molar-refractivity contribution is -0.131. The lowest BCUT2D eigenvalue weighted by atomic mass is 10.2. The molecular formula is C23H29N5O2. The highest BCUT2D eigenvalue weighted by Crippen LogP contribution is 2.14. The molecule has 7 nitrogen and oxygen atoms in total. The fourth-order valence-electron chi connectivity index (χ4n) is 3.27. The number of aromatic amines is 1. The van der Waals surface area contributed by atoms with Gasteiger partial charge in [0.1, 0.15) is 5.82 Å². The summed E-state index contributed by atoms with van der Waals surface area (Å²) >= 11 is 0. The van der Waals surface area contributed by atoms with Crippen LogP contribution in [0.5, 0.6) is 0 Å². The second-order valence-electron chi connectivity index (χ2n) is 7.64. The lowest BCUT2D eigenvalue weighted by Crippen LogP contribution is -2.38. The van der Waals surface area contributed by atoms with Gasteiger partial charge in [-0.05, 0) is 36.4 Å². The monoisotopic (exact) mass is 407 g/mol. The Kier molecular flexibility index (Phi) is 6.84. The molecule has 3 rings (SSSR count). The number of fused-ring (bicyclic) bond motifs is 1. The quantitative estimate of drug-likeness (QED) is 0.621. The third kappa shape index (κ3) is 5.24. The smallest absolute Gasteiger partial charge is 0.258 e. The molecule has 1 N–H and O–H groups in total. The van der Waals surface area contributed by atoms with Crippen LogP contribution in [0.15, 0.2) is 53.3 Å². The molecule has 0 aliphatic heterocycles. The van der Waals surface area contributed by atoms with E-state index in [-0.39, 0.29) is 18.0 Å². The van der Waals surface area contributed by atoms with Crippen molar-refractivity contribution in [3.63, 3.8) is 0 Å². The Morgan fingerprint density at radius 2 is 1.70 bits per heavy atom. The number of para-hydroxylation sites is 1. The molecule has 0 aliphatic carbocycles. The summed E-state index contributed by atoms with van der Waals surface area (Å²) in [6.45, 7) is 3.89. The normalized spacial score (nSPS) is 11.1. The summed E-state index contributed by atoms with van der Waals surface area (Å²) in [6.07, 6.45) is 0. The van der Waals surface area contributed by atoms with Gasteiger partial charge in [-0.2, -0.15) is 0 Å². The first-order valence-corrected chi connectivity index (χ1v) is 10.1. The van der Waals surface area contributed by atoms with E-state index in [0.717, 1.165) is 11.3 Å². The minimum absolute atomic E-state index is 0.0247. The largest absolute Gasteiger partial charge is 0.378 e. The van der Waals surface area contributed by atoms with Crippen molar-refractivity contribution < 1.29 is 4.79 Å². The second-order valence-corrected chi connectivity index (χ2v) is 7.64. The predicted octanol–water partition coefficient (Wildman–Crippen LogP) is 2.47. The van der Waals surface area contributed by atoms with Gasteiger partial charge < -0.3 is 14.8 Å². The Hall–Kier alpha value is -3.19. The van der Waals surface area contributed by atoms with Gasteiger partial charge in [-0.1, -0.05) is 31.2 Å². The molecule has 0 saturated heterocycles. The number of rotatable bonds is 8. The van der Waals surface area contributed by atoms with Crippen molar-refractivity contribution in [1.29, 1.82) is 0 Å². The highest BCUT2D eigenvalue weighted by Gasteiger charge is 2.15. The van der Waals surface area contributed by atoms with Crippen molar-refractivity contribution in [2.24, 2.45) is 0 Å². The van der Waals surface area contributed by atoms with E-state index in [4.69, 9.17) is 0 Å². The van der Waals surface area contributed by atoms with Gasteiger partial charge in [0, 0.05) is 33.4 Å². The maximum atomic E-state index is 12.7. The molecule has 30 heavy (non-hydrogen) atoms. The number of aromatic nitrogens is 2. The minimum Gasteiger partial charge on any atom is -0.378 e. The van der Waals surface area contributed by atoms with Crippen molar-refractivity contribution in [2.75, 3.05) is 39.1 Å². The van der Waals surface area contributed by atoms with Crippen LogP contribution in [0, 0.1) is 0 Å². The van der Waals surface area contributed by atoms with Crippen molar-refractivity contribution in [3.05, 3.63) is 70.3 Å². The molecule has 0 spiro atoms. The molecule has 158 valence electrons. The number of hydrogen-bond acceptors (Lipinski definition) is 5. The number of amides is 1. The predicted molar refractivity (Wildman–Crippen MR) is 121 cm³/mol. The Morgan fingerprint density at radius 1 is 1.00 bits per heavy atom. The summed E-state index contributed by atoms with van der Waals surface area (Å²) in [7, 11) is 5.81. The maximum Gasteiger partial charge on any atom is 0.258 e. The molecule has 0 unspecified atom stereocenters. The first-order chi connectivity index (χ1) is 14.4. The average Bonchev–Trinajstić information content (AvgIpc) is 2.73. The van der Waals surface area contributed by atoms with Crippen LogP contribution in [-0.4, -0.2) is 59.9 Å². The number of nitrogens with zero attached hydrogens (tertiary/aromatic N) is 4. The fraction of sp³-hybridized carbons (Fsp3) is 0.348. The Balaban J connectivity index is 1.63. The first-order valence-electron chi connectivity index (χ1n) is 10.1. The zero-order valence-corrected chi connectivity index (χ0v) is 18.1. The van der Waals surface area contributed by atoms with Gasteiger partial charge in [-0.15, -0.1) is 0 Å². The van der Waals surface area contributed by atoms with Crippen molar-refractivity contribution >= 4 is 22.5 Å². The summed E-state index contributed by atoms with van der Waals surface area (Å²) in [5.41, 5.74) is 2.72. The van der Waals surface area contributed by atoms with Gasteiger partial charge in [0.25, 0.3) is 5.56 Å². The van der Waals surface area contributed by atoms with Crippen LogP contribution in [0.4, 0.5) is 5.69 Å². The van der Waals surface area contributed by atoms with Gasteiger partial charge in [0.15, 0.2) is 0 Å². The van der Waals surface area contributed by atoms with E-state index in [9.17, 15) is 9.59 Å². The number of likely N-dealkylation sites (N-methyl/N-ethyl adjacent to an activating group) is 2. The number of anilines is 1. The molecule has 1 aromatic heterocycles. The molecule has 7 heteroatoms. The van der Waals surface area contributed by atoms with Gasteiger partial charge >= 0.3 is 0 Å². The summed E-state index contributed by atoms with van der Waals surface area (Å²) in [4.78, 5) is 38.1. The topological polar surface area (TPSA) is 72.5 Å². The molecule has 0 aliphatic rings. The average molecular weight is 408 g/mol. The van der Waals surface area contributed by atoms with E-state index in [1.54, 1.807) is 11.0 Å². The Labute approximate surface area is 176 Å². The zero-order valence-electron chi connectivity index (χ0n) is 18.1. The zero-order chi connectivity index (χ0) is 21.7. The Morgan fingerprint density at radius 3 is 2.37 bits per heavy atom. The number of carbonyl (C=O) groups excluding carboxylic acids is 1. The molecule has 2 aromatic carbocycles. The molecule has 1 amide bonds. The van der Waals surface area contributed by atoms with Crippen LogP contribution < -0.4 is 10.5 Å². The van der Waals surface area contributed by atoms with Crippen LogP contribution in [0.1, 0.15) is 18.3 Å². The molecule has 0 radical (unpaired) electrons. The van der Waals surface area contributed by atoms with Gasteiger partial charge in [0.05, 0.1) is 24.0 Å². The van der Waals surface area contributed by atoms with Gasteiger partial charge in [0.2, 0.25) is 5.91 Å². The third-order valence-electron chi connectivity index (χ3n) is 5.14. The summed E-state index contributed by atoms with van der Waals surface area (Å²) in [6, 6.07) is 15.4. The van der Waals surface area contributed by atoms with E-state index >= 15 is 0 Å². The Bertz CT molecular complexity index is 1060. The van der Waals surface area contributed by atoms with Gasteiger partial charge in [-0.3, -0.25) is 14.5 Å². The second kappa shape index (κ2) is 9.54. The molecule has 1 heterocycles. The third-order valence-corrected chi connectivity index (χ3v) is 5.14. The molecule has 3 aromatic rings. The first kappa shape index (κ1) is 21.5. The number of H-pyrrole nitrogens is 1. The lowest BCUT2D eigenvalue weighted by Gasteiger charge is -2.24. The fourth-order valence-corrected chi connectivity index (χ4v) is 3.27. The number of carbonyl (C=O) groups is 1.